The van der Waals surface area contributed by atoms with Crippen LogP contribution in [0, 0.1) is 5.92 Å². The minimum atomic E-state index is -0.973. The molecule has 2 amide bonds. The molecule has 2 aliphatic heterocycles. The summed E-state index contributed by atoms with van der Waals surface area (Å²) in [6.45, 7) is 3.05. The van der Waals surface area contributed by atoms with E-state index in [0.717, 1.165) is 54.0 Å². The van der Waals surface area contributed by atoms with Gasteiger partial charge in [-0.2, -0.15) is 5.10 Å². The number of carbonyl (C=O) groups excluding carboxylic acids is 2. The first kappa shape index (κ1) is 23.9. The van der Waals surface area contributed by atoms with Gasteiger partial charge in [-0.25, -0.2) is 0 Å². The lowest BCUT2D eigenvalue weighted by Crippen LogP contribution is -2.71. The molecule has 3 heterocycles. The van der Waals surface area contributed by atoms with Crippen LogP contribution in [0.5, 0.6) is 0 Å². The molecule has 0 spiro atoms. The van der Waals surface area contributed by atoms with E-state index in [1.54, 1.807) is 0 Å². The Hall–Kier alpha value is -3.23. The quantitative estimate of drug-likeness (QED) is 0.485. The van der Waals surface area contributed by atoms with Gasteiger partial charge in [0.1, 0.15) is 0 Å². The van der Waals surface area contributed by atoms with Crippen LogP contribution in [0.4, 0.5) is 0 Å². The van der Waals surface area contributed by atoms with Crippen LogP contribution < -0.4 is 5.73 Å². The molecule has 4 aliphatic rings. The second kappa shape index (κ2) is 8.64. The third-order valence-corrected chi connectivity index (χ3v) is 9.95. The smallest absolute Gasteiger partial charge is 0.248 e. The van der Waals surface area contributed by atoms with Gasteiger partial charge in [0.15, 0.2) is 0 Å². The Morgan fingerprint density at radius 1 is 1.08 bits per heavy atom. The van der Waals surface area contributed by atoms with Crippen molar-refractivity contribution in [2.75, 3.05) is 26.2 Å². The number of carbonyl (C=O) groups is 2. The molecule has 2 aliphatic carbocycles. The van der Waals surface area contributed by atoms with E-state index < -0.39 is 16.9 Å². The van der Waals surface area contributed by atoms with E-state index in [1.165, 1.54) is 18.4 Å². The van der Waals surface area contributed by atoms with E-state index in [0.29, 0.717) is 31.5 Å². The van der Waals surface area contributed by atoms with E-state index in [4.69, 9.17) is 5.73 Å². The normalized spacial score (nSPS) is 29.0. The van der Waals surface area contributed by atoms with Gasteiger partial charge in [-0.15, -0.1) is 0 Å². The minimum Gasteiger partial charge on any atom is -0.387 e. The minimum absolute atomic E-state index is 0.00961. The Kier molecular flexibility index (Phi) is 5.43. The molecule has 8 heteroatoms. The SMILES string of the molecule is NC(=O)c1ccc2c(c1)[C@@]13CCN(C(=O)Cc4[nH]nc5ccccc45)CC[C@@]1(O)[C@@H](C2)N(CC1CC1)CC3. The van der Waals surface area contributed by atoms with Crippen LogP contribution in [0.15, 0.2) is 42.5 Å². The van der Waals surface area contributed by atoms with E-state index in [2.05, 4.69) is 15.1 Å². The first-order valence-electron chi connectivity index (χ1n) is 14.0. The number of nitrogens with zero attached hydrogens (tertiary/aromatic N) is 3. The number of fused-ring (bicyclic) bond motifs is 2. The largest absolute Gasteiger partial charge is 0.387 e. The van der Waals surface area contributed by atoms with Crippen molar-refractivity contribution in [1.82, 2.24) is 20.0 Å². The van der Waals surface area contributed by atoms with Gasteiger partial charge in [0.2, 0.25) is 11.8 Å². The molecule has 4 N–H and O–H groups in total. The van der Waals surface area contributed by atoms with Crippen LogP contribution in [-0.2, 0) is 23.1 Å². The molecule has 0 unspecified atom stereocenters. The van der Waals surface area contributed by atoms with Crippen LogP contribution >= 0.6 is 0 Å². The number of likely N-dealkylation sites (tertiary alicyclic amines) is 2. The first-order chi connectivity index (χ1) is 18.4. The van der Waals surface area contributed by atoms with Crippen molar-refractivity contribution >= 4 is 22.7 Å². The highest BCUT2D eigenvalue weighted by atomic mass is 16.3. The van der Waals surface area contributed by atoms with Crippen molar-refractivity contribution in [2.45, 2.75) is 62.0 Å². The average molecular weight is 514 g/mol. The fourth-order valence-electron chi connectivity index (χ4n) is 7.69. The van der Waals surface area contributed by atoms with Crippen LogP contribution in [0.25, 0.3) is 10.9 Å². The number of amides is 2. The van der Waals surface area contributed by atoms with Crippen LogP contribution in [-0.4, -0.2) is 74.7 Å². The molecule has 8 nitrogen and oxygen atoms in total. The van der Waals surface area contributed by atoms with Gasteiger partial charge >= 0.3 is 0 Å². The number of piperidine rings is 1. The third kappa shape index (κ3) is 3.61. The maximum atomic E-state index is 13.6. The monoisotopic (exact) mass is 513 g/mol. The Labute approximate surface area is 222 Å². The predicted molar refractivity (Wildman–Crippen MR) is 144 cm³/mol. The highest BCUT2D eigenvalue weighted by molar-refractivity contribution is 5.93. The van der Waals surface area contributed by atoms with Gasteiger partial charge < -0.3 is 15.7 Å². The average Bonchev–Trinajstić information content (AvgIpc) is 3.67. The lowest BCUT2D eigenvalue weighted by atomic mass is 9.52. The standard InChI is InChI=1S/C30H35N5O3/c31-28(37)21-8-7-20-16-26-30(38)11-14-34(27(36)17-25-22-3-1-2-4-24(22)32-33-25)12-9-29(30,23(20)15-21)10-13-35(26)18-19-5-6-19/h1-4,7-8,15,19,26,38H,5-6,9-14,16-18H2,(H2,31,37)(H,32,33)/t26-,29+,30-/m1/s1. The summed E-state index contributed by atoms with van der Waals surface area (Å²) in [5, 5.41) is 21.1. The van der Waals surface area contributed by atoms with Crippen molar-refractivity contribution in [2.24, 2.45) is 11.7 Å². The van der Waals surface area contributed by atoms with Crippen LogP contribution in [0.3, 0.4) is 0 Å². The van der Waals surface area contributed by atoms with Gasteiger partial charge in [0.05, 0.1) is 23.2 Å². The predicted octanol–water partition coefficient (Wildman–Crippen LogP) is 2.54. The summed E-state index contributed by atoms with van der Waals surface area (Å²) in [6, 6.07) is 13.6. The third-order valence-electron chi connectivity index (χ3n) is 9.95. The molecule has 1 aromatic heterocycles. The zero-order valence-corrected chi connectivity index (χ0v) is 21.7. The van der Waals surface area contributed by atoms with Gasteiger partial charge in [-0.3, -0.25) is 19.6 Å². The Balaban J connectivity index is 1.23. The molecule has 2 aromatic carbocycles. The number of aromatic amines is 1. The Morgan fingerprint density at radius 3 is 2.68 bits per heavy atom. The molecule has 2 saturated heterocycles. The number of H-pyrrole nitrogens is 1. The molecule has 7 rings (SSSR count). The number of rotatable bonds is 5. The molecule has 1 saturated carbocycles. The highest BCUT2D eigenvalue weighted by Gasteiger charge is 2.63. The summed E-state index contributed by atoms with van der Waals surface area (Å²) in [4.78, 5) is 30.2. The van der Waals surface area contributed by atoms with Crippen LogP contribution in [0.2, 0.25) is 0 Å². The second-order valence-corrected chi connectivity index (χ2v) is 11.9. The van der Waals surface area contributed by atoms with E-state index >= 15 is 0 Å². The summed E-state index contributed by atoms with van der Waals surface area (Å²) >= 11 is 0. The highest BCUT2D eigenvalue weighted by Crippen LogP contribution is 2.56. The van der Waals surface area contributed by atoms with E-state index in [-0.39, 0.29) is 18.4 Å². The maximum Gasteiger partial charge on any atom is 0.248 e. The van der Waals surface area contributed by atoms with Crippen molar-refractivity contribution < 1.29 is 14.7 Å². The summed E-state index contributed by atoms with van der Waals surface area (Å²) in [7, 11) is 0. The summed E-state index contributed by atoms with van der Waals surface area (Å²) in [6.07, 6.45) is 5.57. The molecule has 198 valence electrons. The number of para-hydroxylation sites is 1. The van der Waals surface area contributed by atoms with Gasteiger partial charge in [0.25, 0.3) is 0 Å². The molecular weight excluding hydrogens is 478 g/mol. The molecule has 0 radical (unpaired) electrons. The van der Waals surface area contributed by atoms with Crippen LogP contribution in [0.1, 0.15) is 59.3 Å². The van der Waals surface area contributed by atoms with Crippen molar-refractivity contribution in [3.8, 4) is 0 Å². The molecule has 3 fully saturated rings. The number of hydrogen-bond acceptors (Lipinski definition) is 5. The zero-order valence-electron chi connectivity index (χ0n) is 21.7. The van der Waals surface area contributed by atoms with Crippen molar-refractivity contribution in [3.63, 3.8) is 0 Å². The number of primary amides is 1. The number of hydrogen-bond donors (Lipinski definition) is 3. The first-order valence-corrected chi connectivity index (χ1v) is 14.0. The second-order valence-electron chi connectivity index (χ2n) is 11.9. The number of aromatic nitrogens is 2. The topological polar surface area (TPSA) is 116 Å². The Morgan fingerprint density at radius 2 is 1.87 bits per heavy atom. The number of aliphatic hydroxyl groups is 1. The number of nitrogens with two attached hydrogens (primary N) is 1. The fraction of sp³-hybridized carbons (Fsp3) is 0.500. The van der Waals surface area contributed by atoms with Gasteiger partial charge in [0, 0.05) is 42.0 Å². The molecular formula is C30H35N5O3. The Bertz CT molecular complexity index is 1430. The lowest BCUT2D eigenvalue weighted by Gasteiger charge is -2.61. The molecule has 38 heavy (non-hydrogen) atoms. The van der Waals surface area contributed by atoms with Crippen molar-refractivity contribution in [3.05, 3.63) is 64.8 Å². The lowest BCUT2D eigenvalue weighted by molar-refractivity contribution is -0.149. The summed E-state index contributed by atoms with van der Waals surface area (Å²) in [5.74, 6) is 0.338. The summed E-state index contributed by atoms with van der Waals surface area (Å²) in [5.41, 5.74) is 8.64. The molecule has 3 aromatic rings. The van der Waals surface area contributed by atoms with E-state index in [9.17, 15) is 14.7 Å². The number of nitrogens with one attached hydrogen (secondary N) is 1. The van der Waals surface area contributed by atoms with Gasteiger partial charge in [-0.1, -0.05) is 24.3 Å². The van der Waals surface area contributed by atoms with E-state index in [1.807, 2.05) is 47.4 Å². The maximum absolute atomic E-state index is 13.6. The molecule has 3 atom stereocenters. The fourth-order valence-corrected chi connectivity index (χ4v) is 7.69. The van der Waals surface area contributed by atoms with Gasteiger partial charge in [-0.05, 0) is 80.3 Å². The number of benzene rings is 2. The summed E-state index contributed by atoms with van der Waals surface area (Å²) < 4.78 is 0. The molecule has 2 bridgehead atoms. The van der Waals surface area contributed by atoms with Crippen molar-refractivity contribution in [1.29, 1.82) is 0 Å². The zero-order chi connectivity index (χ0) is 26.1.